The standard InChI is InChI=1S/C15H29N3O3S.ClH/c1-11(18-7-5-13(16)15(2,3)10-18)14(19)17(4)12-6-8-22(20,21)9-12;/h11-13H,5-10,16H2,1-4H3;1H. The Balaban J connectivity index is 0.00000264. The third-order valence-electron chi connectivity index (χ3n) is 5.35. The van der Waals surface area contributed by atoms with Crippen LogP contribution in [0.1, 0.15) is 33.6 Å². The maximum Gasteiger partial charge on any atom is 0.239 e. The van der Waals surface area contributed by atoms with Gasteiger partial charge in [0.1, 0.15) is 0 Å². The summed E-state index contributed by atoms with van der Waals surface area (Å²) >= 11 is 0. The molecule has 0 radical (unpaired) electrons. The van der Waals surface area contributed by atoms with Crippen molar-refractivity contribution in [2.45, 2.75) is 51.7 Å². The fraction of sp³-hybridized carbons (Fsp3) is 0.933. The molecule has 2 aliphatic heterocycles. The van der Waals surface area contributed by atoms with E-state index in [1.165, 1.54) is 0 Å². The second kappa shape index (κ2) is 7.25. The van der Waals surface area contributed by atoms with E-state index in [1.807, 2.05) is 6.92 Å². The maximum atomic E-state index is 12.7. The lowest BCUT2D eigenvalue weighted by molar-refractivity contribution is -0.138. The van der Waals surface area contributed by atoms with E-state index < -0.39 is 9.84 Å². The zero-order chi connectivity index (χ0) is 16.7. The van der Waals surface area contributed by atoms with Crippen LogP contribution in [0.2, 0.25) is 0 Å². The first kappa shape index (κ1) is 20.7. The lowest BCUT2D eigenvalue weighted by Crippen LogP contribution is -2.58. The first-order chi connectivity index (χ1) is 10.0. The van der Waals surface area contributed by atoms with Crippen LogP contribution < -0.4 is 5.73 Å². The van der Waals surface area contributed by atoms with Crippen LogP contribution in [0.25, 0.3) is 0 Å². The number of carbonyl (C=O) groups excluding carboxylic acids is 1. The van der Waals surface area contributed by atoms with Gasteiger partial charge in [0.25, 0.3) is 0 Å². The Morgan fingerprint density at radius 2 is 1.96 bits per heavy atom. The predicted octanol–water partition coefficient (Wildman–Crippen LogP) is 0.501. The van der Waals surface area contributed by atoms with Gasteiger partial charge >= 0.3 is 0 Å². The number of rotatable bonds is 3. The van der Waals surface area contributed by atoms with Gasteiger partial charge in [-0.05, 0) is 25.2 Å². The van der Waals surface area contributed by atoms with Crippen molar-refractivity contribution in [3.8, 4) is 0 Å². The Morgan fingerprint density at radius 3 is 2.43 bits per heavy atom. The molecule has 0 bridgehead atoms. The third-order valence-corrected chi connectivity index (χ3v) is 7.10. The van der Waals surface area contributed by atoms with E-state index in [4.69, 9.17) is 5.73 Å². The quantitative estimate of drug-likeness (QED) is 0.785. The van der Waals surface area contributed by atoms with E-state index in [0.29, 0.717) is 6.42 Å². The third kappa shape index (κ3) is 4.59. The first-order valence-corrected chi connectivity index (χ1v) is 9.82. The Hall–Kier alpha value is -0.370. The van der Waals surface area contributed by atoms with Crippen LogP contribution in [-0.4, -0.2) is 73.9 Å². The number of hydrogen-bond acceptors (Lipinski definition) is 5. The number of likely N-dealkylation sites (tertiary alicyclic amines) is 1. The lowest BCUT2D eigenvalue weighted by atomic mass is 9.79. The van der Waals surface area contributed by atoms with Gasteiger partial charge < -0.3 is 10.6 Å². The minimum atomic E-state index is -2.97. The Morgan fingerprint density at radius 1 is 1.35 bits per heavy atom. The van der Waals surface area contributed by atoms with E-state index in [1.54, 1.807) is 11.9 Å². The first-order valence-electron chi connectivity index (χ1n) is 8.00. The number of carbonyl (C=O) groups is 1. The number of likely N-dealkylation sites (N-methyl/N-ethyl adjacent to an activating group) is 1. The molecule has 2 aliphatic rings. The molecule has 6 nitrogen and oxygen atoms in total. The van der Waals surface area contributed by atoms with Gasteiger partial charge in [-0.1, -0.05) is 13.8 Å². The summed E-state index contributed by atoms with van der Waals surface area (Å²) in [6.07, 6.45) is 1.43. The fourth-order valence-corrected chi connectivity index (χ4v) is 5.23. The number of piperidine rings is 1. The van der Waals surface area contributed by atoms with Crippen LogP contribution in [-0.2, 0) is 14.6 Å². The van der Waals surface area contributed by atoms with E-state index in [-0.39, 0.29) is 53.4 Å². The van der Waals surface area contributed by atoms with Crippen molar-refractivity contribution in [1.29, 1.82) is 0 Å². The fourth-order valence-electron chi connectivity index (χ4n) is 3.46. The van der Waals surface area contributed by atoms with Gasteiger partial charge in [0.05, 0.1) is 17.5 Å². The summed E-state index contributed by atoms with van der Waals surface area (Å²) in [6.45, 7) is 7.78. The minimum absolute atomic E-state index is 0. The smallest absolute Gasteiger partial charge is 0.239 e. The number of sulfone groups is 1. The van der Waals surface area contributed by atoms with Crippen molar-refractivity contribution in [2.24, 2.45) is 11.1 Å². The molecule has 23 heavy (non-hydrogen) atoms. The van der Waals surface area contributed by atoms with Crippen LogP contribution in [0.4, 0.5) is 0 Å². The molecule has 0 spiro atoms. The summed E-state index contributed by atoms with van der Waals surface area (Å²) in [6, 6.07) is -0.260. The Bertz CT molecular complexity index is 538. The molecule has 3 unspecified atom stereocenters. The second-order valence-corrected chi connectivity index (χ2v) is 9.76. The zero-order valence-electron chi connectivity index (χ0n) is 14.5. The summed E-state index contributed by atoms with van der Waals surface area (Å²) in [5.41, 5.74) is 6.14. The highest BCUT2D eigenvalue weighted by atomic mass is 35.5. The molecule has 0 aliphatic carbocycles. The number of halogens is 1. The van der Waals surface area contributed by atoms with Crippen LogP contribution >= 0.6 is 12.4 Å². The summed E-state index contributed by atoms with van der Waals surface area (Å²) < 4.78 is 23.2. The number of hydrogen-bond donors (Lipinski definition) is 1. The average Bonchev–Trinajstić information content (AvgIpc) is 2.79. The van der Waals surface area contributed by atoms with E-state index in [9.17, 15) is 13.2 Å². The minimum Gasteiger partial charge on any atom is -0.340 e. The Kier molecular flexibility index (Phi) is 6.52. The molecule has 0 aromatic heterocycles. The van der Waals surface area contributed by atoms with Crippen LogP contribution in [0.3, 0.4) is 0 Å². The van der Waals surface area contributed by atoms with Gasteiger partial charge in [-0.3, -0.25) is 9.69 Å². The summed E-state index contributed by atoms with van der Waals surface area (Å²) in [5, 5.41) is 0. The zero-order valence-corrected chi connectivity index (χ0v) is 16.1. The Labute approximate surface area is 146 Å². The molecule has 2 heterocycles. The largest absolute Gasteiger partial charge is 0.340 e. The molecular weight excluding hydrogens is 338 g/mol. The van der Waals surface area contributed by atoms with Gasteiger partial charge in [-0.2, -0.15) is 0 Å². The molecule has 2 rings (SSSR count). The normalized spacial score (nSPS) is 31.2. The second-order valence-electron chi connectivity index (χ2n) is 7.54. The molecular formula is C15H30ClN3O3S. The van der Waals surface area contributed by atoms with Crippen LogP contribution in [0, 0.1) is 5.41 Å². The van der Waals surface area contributed by atoms with Gasteiger partial charge in [0, 0.05) is 32.2 Å². The van der Waals surface area contributed by atoms with Crippen LogP contribution in [0.15, 0.2) is 0 Å². The lowest BCUT2D eigenvalue weighted by Gasteiger charge is -2.45. The van der Waals surface area contributed by atoms with Crippen molar-refractivity contribution in [3.63, 3.8) is 0 Å². The highest BCUT2D eigenvalue weighted by Gasteiger charge is 2.39. The molecule has 136 valence electrons. The van der Waals surface area contributed by atoms with Gasteiger partial charge in [0.2, 0.25) is 5.91 Å². The number of nitrogens with zero attached hydrogens (tertiary/aromatic N) is 2. The van der Waals surface area contributed by atoms with E-state index in [2.05, 4.69) is 18.7 Å². The van der Waals surface area contributed by atoms with E-state index >= 15 is 0 Å². The molecule has 0 saturated carbocycles. The summed E-state index contributed by atoms with van der Waals surface area (Å²) in [5.74, 6) is 0.293. The predicted molar refractivity (Wildman–Crippen MR) is 94.5 cm³/mol. The van der Waals surface area contributed by atoms with E-state index in [0.717, 1.165) is 19.5 Å². The molecule has 0 aromatic rings. The van der Waals surface area contributed by atoms with Crippen LogP contribution in [0.5, 0.6) is 0 Å². The summed E-state index contributed by atoms with van der Waals surface area (Å²) in [7, 11) is -1.25. The number of amides is 1. The highest BCUT2D eigenvalue weighted by molar-refractivity contribution is 7.91. The molecule has 1 amide bonds. The topological polar surface area (TPSA) is 83.7 Å². The van der Waals surface area contributed by atoms with Gasteiger partial charge in [-0.15, -0.1) is 12.4 Å². The van der Waals surface area contributed by atoms with Crippen molar-refractivity contribution in [1.82, 2.24) is 9.80 Å². The monoisotopic (exact) mass is 367 g/mol. The molecule has 3 atom stereocenters. The van der Waals surface area contributed by atoms with Gasteiger partial charge in [0.15, 0.2) is 9.84 Å². The van der Waals surface area contributed by atoms with Crippen molar-refractivity contribution >= 4 is 28.2 Å². The SMILES string of the molecule is CC(C(=O)N(C)C1CCS(=O)(=O)C1)N1CCC(N)C(C)(C)C1.Cl. The molecule has 2 saturated heterocycles. The van der Waals surface area contributed by atoms with Crippen molar-refractivity contribution in [3.05, 3.63) is 0 Å². The number of nitrogens with two attached hydrogens (primary N) is 1. The highest BCUT2D eigenvalue weighted by Crippen LogP contribution is 2.29. The van der Waals surface area contributed by atoms with Gasteiger partial charge in [-0.25, -0.2) is 8.42 Å². The molecule has 0 aromatic carbocycles. The van der Waals surface area contributed by atoms with Crippen molar-refractivity contribution < 1.29 is 13.2 Å². The van der Waals surface area contributed by atoms with Crippen molar-refractivity contribution in [2.75, 3.05) is 31.6 Å². The average molecular weight is 368 g/mol. The maximum absolute atomic E-state index is 12.7. The summed E-state index contributed by atoms with van der Waals surface area (Å²) in [4.78, 5) is 16.5. The molecule has 2 N–H and O–H groups in total. The molecule has 2 fully saturated rings. The molecule has 8 heteroatoms.